The van der Waals surface area contributed by atoms with Crippen LogP contribution in [0, 0.1) is 11.3 Å². The van der Waals surface area contributed by atoms with Gasteiger partial charge >= 0.3 is 0 Å². The molecular formula is C12H12N4. The lowest BCUT2D eigenvalue weighted by molar-refractivity contribution is 0.825. The Morgan fingerprint density at radius 1 is 1.50 bits per heavy atom. The van der Waals surface area contributed by atoms with Gasteiger partial charge in [0.1, 0.15) is 11.6 Å². The second-order valence-electron chi connectivity index (χ2n) is 3.67. The van der Waals surface area contributed by atoms with Gasteiger partial charge in [-0.25, -0.2) is 0 Å². The van der Waals surface area contributed by atoms with E-state index >= 15 is 0 Å². The average Bonchev–Trinajstić information content (AvgIpc) is 2.86. The zero-order chi connectivity index (χ0) is 11.1. The molecular weight excluding hydrogens is 200 g/mol. The van der Waals surface area contributed by atoms with Gasteiger partial charge in [-0.05, 0) is 13.0 Å². The van der Waals surface area contributed by atoms with Gasteiger partial charge in [-0.3, -0.25) is 5.10 Å². The summed E-state index contributed by atoms with van der Waals surface area (Å²) in [6.45, 7) is 2.90. The van der Waals surface area contributed by atoms with E-state index in [1.54, 1.807) is 0 Å². The van der Waals surface area contributed by atoms with E-state index in [9.17, 15) is 0 Å². The van der Waals surface area contributed by atoms with Crippen molar-refractivity contribution in [2.75, 3.05) is 0 Å². The number of hydrogen-bond donors (Lipinski definition) is 1. The number of nitriles is 1. The molecule has 3 aromatic rings. The predicted molar refractivity (Wildman–Crippen MR) is 64.1 cm³/mol. The number of H-pyrrole nitrogens is 1. The van der Waals surface area contributed by atoms with Gasteiger partial charge in [0.05, 0.1) is 11.0 Å². The standard InChI is InChI=1S/C12H10N4.H2/c1-2-16-10-6-4-3-5-8(10)11-12(16)9(7-13)14-15-11;/h3-6H,2H2,1H3,(H,14,15);1H. The van der Waals surface area contributed by atoms with Crippen molar-refractivity contribution in [3.63, 3.8) is 0 Å². The van der Waals surface area contributed by atoms with E-state index in [2.05, 4.69) is 33.8 Å². The van der Waals surface area contributed by atoms with Crippen molar-refractivity contribution >= 4 is 21.9 Å². The Labute approximate surface area is 93.6 Å². The van der Waals surface area contributed by atoms with Crippen LogP contribution >= 0.6 is 0 Å². The molecule has 0 spiro atoms. The van der Waals surface area contributed by atoms with E-state index in [0.29, 0.717) is 5.69 Å². The molecule has 0 aliphatic heterocycles. The molecule has 2 heterocycles. The highest BCUT2D eigenvalue weighted by molar-refractivity contribution is 6.07. The van der Waals surface area contributed by atoms with Crippen molar-refractivity contribution in [3.8, 4) is 6.07 Å². The zero-order valence-corrected chi connectivity index (χ0v) is 8.86. The molecule has 4 heteroatoms. The van der Waals surface area contributed by atoms with Crippen LogP contribution in [0.3, 0.4) is 0 Å². The van der Waals surface area contributed by atoms with Crippen LogP contribution in [0.4, 0.5) is 0 Å². The van der Waals surface area contributed by atoms with Gasteiger partial charge < -0.3 is 4.57 Å². The number of hydrogen-bond acceptors (Lipinski definition) is 2. The maximum atomic E-state index is 9.02. The molecule has 0 saturated heterocycles. The Bertz CT molecular complexity index is 717. The highest BCUT2D eigenvalue weighted by atomic mass is 15.2. The number of aromatic nitrogens is 3. The maximum absolute atomic E-state index is 9.02. The Hall–Kier alpha value is -2.28. The third kappa shape index (κ3) is 0.947. The van der Waals surface area contributed by atoms with Gasteiger partial charge in [0.2, 0.25) is 0 Å². The molecule has 4 nitrogen and oxygen atoms in total. The van der Waals surface area contributed by atoms with E-state index in [1.807, 2.05) is 18.2 Å². The molecule has 0 fully saturated rings. The SMILES string of the molecule is CCn1c2ccccc2c2[nH]nc(C#N)c21.[HH]. The lowest BCUT2D eigenvalue weighted by atomic mass is 10.2. The Kier molecular flexibility index (Phi) is 1.74. The summed E-state index contributed by atoms with van der Waals surface area (Å²) >= 11 is 0. The summed E-state index contributed by atoms with van der Waals surface area (Å²) in [5.74, 6) is 0. The number of aryl methyl sites for hydroxylation is 1. The van der Waals surface area contributed by atoms with Crippen molar-refractivity contribution in [3.05, 3.63) is 30.0 Å². The van der Waals surface area contributed by atoms with Crippen molar-refractivity contribution < 1.29 is 1.43 Å². The van der Waals surface area contributed by atoms with Crippen LogP contribution in [0.1, 0.15) is 14.0 Å². The minimum atomic E-state index is 0. The van der Waals surface area contributed by atoms with Gasteiger partial charge in [-0.2, -0.15) is 10.4 Å². The van der Waals surface area contributed by atoms with Crippen molar-refractivity contribution in [2.24, 2.45) is 0 Å². The summed E-state index contributed by atoms with van der Waals surface area (Å²) in [5, 5.41) is 17.1. The average molecular weight is 212 g/mol. The molecule has 0 bridgehead atoms. The first-order valence-corrected chi connectivity index (χ1v) is 5.22. The maximum Gasteiger partial charge on any atom is 0.186 e. The number of aromatic amines is 1. The van der Waals surface area contributed by atoms with Crippen molar-refractivity contribution in [1.29, 1.82) is 5.26 Å². The normalized spacial score (nSPS) is 11.0. The number of nitrogens with one attached hydrogen (secondary N) is 1. The van der Waals surface area contributed by atoms with Crippen LogP contribution in [0.5, 0.6) is 0 Å². The van der Waals surface area contributed by atoms with Crippen molar-refractivity contribution in [1.82, 2.24) is 14.8 Å². The number of nitrogens with zero attached hydrogens (tertiary/aromatic N) is 3. The molecule has 80 valence electrons. The van der Waals surface area contributed by atoms with Gasteiger partial charge in [-0.1, -0.05) is 18.2 Å². The van der Waals surface area contributed by atoms with E-state index in [-0.39, 0.29) is 1.43 Å². The highest BCUT2D eigenvalue weighted by Crippen LogP contribution is 2.28. The first-order valence-electron chi connectivity index (χ1n) is 5.22. The van der Waals surface area contributed by atoms with Gasteiger partial charge in [0, 0.05) is 13.4 Å². The molecule has 1 N–H and O–H groups in total. The first kappa shape index (κ1) is 8.98. The topological polar surface area (TPSA) is 57.4 Å². The Morgan fingerprint density at radius 3 is 3.06 bits per heavy atom. The molecule has 0 aliphatic rings. The Balaban J connectivity index is 0.00000108. The lowest BCUT2D eigenvalue weighted by Crippen LogP contribution is -1.94. The molecule has 0 unspecified atom stereocenters. The third-order valence-electron chi connectivity index (χ3n) is 2.90. The molecule has 0 amide bonds. The molecule has 0 aliphatic carbocycles. The van der Waals surface area contributed by atoms with Crippen LogP contribution < -0.4 is 0 Å². The molecule has 0 radical (unpaired) electrons. The van der Waals surface area contributed by atoms with Gasteiger partial charge in [-0.15, -0.1) is 0 Å². The summed E-state index contributed by atoms with van der Waals surface area (Å²) in [7, 11) is 0. The molecule has 2 aromatic heterocycles. The number of rotatable bonds is 1. The molecule has 1 aromatic carbocycles. The van der Waals surface area contributed by atoms with Gasteiger partial charge in [0.25, 0.3) is 0 Å². The smallest absolute Gasteiger partial charge is 0.186 e. The second kappa shape index (κ2) is 3.11. The van der Waals surface area contributed by atoms with Crippen LogP contribution in [-0.2, 0) is 6.54 Å². The third-order valence-corrected chi connectivity index (χ3v) is 2.90. The van der Waals surface area contributed by atoms with Crippen LogP contribution in [0.25, 0.3) is 21.9 Å². The molecule has 3 rings (SSSR count). The van der Waals surface area contributed by atoms with Crippen molar-refractivity contribution in [2.45, 2.75) is 13.5 Å². The summed E-state index contributed by atoms with van der Waals surface area (Å²) < 4.78 is 2.12. The minimum absolute atomic E-state index is 0. The predicted octanol–water partition coefficient (Wildman–Crippen LogP) is 2.66. The molecule has 0 atom stereocenters. The summed E-state index contributed by atoms with van der Waals surface area (Å²) in [6.07, 6.45) is 0. The molecule has 16 heavy (non-hydrogen) atoms. The summed E-state index contributed by atoms with van der Waals surface area (Å²) in [5.41, 5.74) is 3.47. The first-order chi connectivity index (χ1) is 7.86. The van der Waals surface area contributed by atoms with Gasteiger partial charge in [0.15, 0.2) is 5.69 Å². The molecule has 0 saturated carbocycles. The fourth-order valence-corrected chi connectivity index (χ4v) is 2.23. The van der Waals surface area contributed by atoms with E-state index < -0.39 is 0 Å². The second-order valence-corrected chi connectivity index (χ2v) is 3.67. The van der Waals surface area contributed by atoms with Crippen LogP contribution in [-0.4, -0.2) is 14.8 Å². The zero-order valence-electron chi connectivity index (χ0n) is 8.86. The highest BCUT2D eigenvalue weighted by Gasteiger charge is 2.15. The number of benzene rings is 1. The lowest BCUT2D eigenvalue weighted by Gasteiger charge is -2.00. The summed E-state index contributed by atoms with van der Waals surface area (Å²) in [4.78, 5) is 0. The minimum Gasteiger partial charge on any atom is -0.337 e. The fourth-order valence-electron chi connectivity index (χ4n) is 2.23. The van der Waals surface area contributed by atoms with E-state index in [0.717, 1.165) is 28.5 Å². The number of para-hydroxylation sites is 1. The van der Waals surface area contributed by atoms with Crippen LogP contribution in [0.15, 0.2) is 24.3 Å². The fraction of sp³-hybridized carbons (Fsp3) is 0.167. The van der Waals surface area contributed by atoms with E-state index in [4.69, 9.17) is 5.26 Å². The largest absolute Gasteiger partial charge is 0.337 e. The quantitative estimate of drug-likeness (QED) is 0.674. The Morgan fingerprint density at radius 2 is 2.31 bits per heavy atom. The monoisotopic (exact) mass is 212 g/mol. The summed E-state index contributed by atoms with van der Waals surface area (Å²) in [6, 6.07) is 10.2. The van der Waals surface area contributed by atoms with Crippen LogP contribution in [0.2, 0.25) is 0 Å². The number of fused-ring (bicyclic) bond motifs is 3. The van der Waals surface area contributed by atoms with E-state index in [1.165, 1.54) is 0 Å².